The summed E-state index contributed by atoms with van der Waals surface area (Å²) in [6.07, 6.45) is 2.55. The second-order valence-corrected chi connectivity index (χ2v) is 11.3. The molecule has 0 aromatic heterocycles. The molecular formula is C33H28Cl2N2O3S. The number of methoxy groups -OCH3 is 1. The molecule has 1 aliphatic heterocycles. The third-order valence-corrected chi connectivity index (χ3v) is 8.11. The molecule has 0 unspecified atom stereocenters. The fraction of sp³-hybridized carbons (Fsp3) is 0.152. The van der Waals surface area contributed by atoms with Crippen LogP contribution in [0.5, 0.6) is 11.5 Å². The second-order valence-electron chi connectivity index (χ2n) is 9.44. The summed E-state index contributed by atoms with van der Waals surface area (Å²) in [5.74, 6) is 0.961. The predicted octanol–water partition coefficient (Wildman–Crippen LogP) is 8.74. The molecule has 0 radical (unpaired) electrons. The SMILES string of the molecule is COc1cccc(/C=C2/SC(=Nc3ccc(C)cc3)N(CCc3ccccc3)C2=O)c1OCc1ccc(Cl)cc1Cl. The molecule has 0 saturated carbocycles. The molecule has 41 heavy (non-hydrogen) atoms. The first-order chi connectivity index (χ1) is 19.9. The zero-order valence-electron chi connectivity index (χ0n) is 22.6. The van der Waals surface area contributed by atoms with Crippen molar-refractivity contribution >= 4 is 57.8 Å². The highest BCUT2D eigenvalue weighted by atomic mass is 35.5. The Balaban J connectivity index is 1.46. The molecule has 5 nitrogen and oxygen atoms in total. The molecule has 0 spiro atoms. The van der Waals surface area contributed by atoms with Gasteiger partial charge in [0.15, 0.2) is 16.7 Å². The van der Waals surface area contributed by atoms with E-state index in [9.17, 15) is 4.79 Å². The Morgan fingerprint density at radius 3 is 2.46 bits per heavy atom. The number of carbonyl (C=O) groups excluding carboxylic acids is 1. The lowest BCUT2D eigenvalue weighted by Crippen LogP contribution is -2.31. The smallest absolute Gasteiger partial charge is 0.266 e. The molecule has 5 rings (SSSR count). The third kappa shape index (κ3) is 7.14. The van der Waals surface area contributed by atoms with Gasteiger partial charge in [-0.1, -0.05) is 89.4 Å². The Labute approximate surface area is 254 Å². The number of amides is 1. The van der Waals surface area contributed by atoms with E-state index >= 15 is 0 Å². The van der Waals surface area contributed by atoms with E-state index in [4.69, 9.17) is 37.7 Å². The van der Waals surface area contributed by atoms with Crippen LogP contribution in [0.3, 0.4) is 0 Å². The van der Waals surface area contributed by atoms with E-state index in [0.29, 0.717) is 50.1 Å². The van der Waals surface area contributed by atoms with Gasteiger partial charge in [0.2, 0.25) is 0 Å². The lowest BCUT2D eigenvalue weighted by Gasteiger charge is -2.16. The molecule has 208 valence electrons. The van der Waals surface area contributed by atoms with E-state index in [2.05, 4.69) is 12.1 Å². The fourth-order valence-corrected chi connectivity index (χ4v) is 5.77. The van der Waals surface area contributed by atoms with Crippen molar-refractivity contribution in [3.63, 3.8) is 0 Å². The van der Waals surface area contributed by atoms with Crippen molar-refractivity contribution in [2.45, 2.75) is 20.0 Å². The average molecular weight is 604 g/mol. The first-order valence-electron chi connectivity index (χ1n) is 13.1. The van der Waals surface area contributed by atoms with Gasteiger partial charge < -0.3 is 9.47 Å². The minimum atomic E-state index is -0.105. The molecule has 0 bridgehead atoms. The number of ether oxygens (including phenoxy) is 2. The van der Waals surface area contributed by atoms with Crippen molar-refractivity contribution in [2.75, 3.05) is 13.7 Å². The number of hydrogen-bond donors (Lipinski definition) is 0. The van der Waals surface area contributed by atoms with Gasteiger partial charge in [-0.3, -0.25) is 9.69 Å². The summed E-state index contributed by atoms with van der Waals surface area (Å²) in [5, 5.41) is 1.71. The Morgan fingerprint density at radius 2 is 1.73 bits per heavy atom. The monoisotopic (exact) mass is 602 g/mol. The Morgan fingerprint density at radius 1 is 0.951 bits per heavy atom. The van der Waals surface area contributed by atoms with Crippen molar-refractivity contribution in [1.82, 2.24) is 4.90 Å². The highest BCUT2D eigenvalue weighted by Crippen LogP contribution is 2.39. The van der Waals surface area contributed by atoms with Gasteiger partial charge in [0.25, 0.3) is 5.91 Å². The van der Waals surface area contributed by atoms with Gasteiger partial charge in [-0.05, 0) is 67.1 Å². The molecule has 1 amide bonds. The van der Waals surface area contributed by atoms with Crippen LogP contribution in [0.2, 0.25) is 10.0 Å². The van der Waals surface area contributed by atoms with Gasteiger partial charge in [-0.25, -0.2) is 4.99 Å². The molecule has 4 aromatic carbocycles. The average Bonchev–Trinajstić information content (AvgIpc) is 3.26. The molecule has 1 fully saturated rings. The number of nitrogens with zero attached hydrogens (tertiary/aromatic N) is 2. The number of rotatable bonds is 9. The van der Waals surface area contributed by atoms with E-state index in [1.807, 2.05) is 79.7 Å². The standard InChI is InChI=1S/C33H28Cl2N2O3S/c1-22-11-15-27(16-12-22)36-33-37(18-17-23-7-4-3-5-8-23)32(38)30(41-33)19-24-9-6-10-29(39-2)31(24)40-21-25-13-14-26(34)20-28(25)35/h3-16,19-20H,17-18,21H2,1-2H3/b30-19+,36-33?. The van der Waals surface area contributed by atoms with Gasteiger partial charge in [0.1, 0.15) is 6.61 Å². The molecule has 0 atom stereocenters. The molecule has 4 aromatic rings. The zero-order chi connectivity index (χ0) is 28.8. The largest absolute Gasteiger partial charge is 0.493 e. The number of carbonyl (C=O) groups is 1. The van der Waals surface area contributed by atoms with Gasteiger partial charge in [0.05, 0.1) is 17.7 Å². The van der Waals surface area contributed by atoms with Crippen molar-refractivity contribution in [2.24, 2.45) is 4.99 Å². The highest BCUT2D eigenvalue weighted by molar-refractivity contribution is 8.18. The maximum Gasteiger partial charge on any atom is 0.266 e. The molecule has 8 heteroatoms. The van der Waals surface area contributed by atoms with Crippen molar-refractivity contribution in [1.29, 1.82) is 0 Å². The number of aliphatic imine (C=N–C) groups is 1. The summed E-state index contributed by atoms with van der Waals surface area (Å²) in [6.45, 7) is 2.75. The van der Waals surface area contributed by atoms with Crippen molar-refractivity contribution < 1.29 is 14.3 Å². The molecule has 0 aliphatic carbocycles. The minimum Gasteiger partial charge on any atom is -0.493 e. The number of aryl methyl sites for hydroxylation is 1. The van der Waals surface area contributed by atoms with Crippen molar-refractivity contribution in [3.05, 3.63) is 128 Å². The van der Waals surface area contributed by atoms with Crippen LogP contribution in [0.1, 0.15) is 22.3 Å². The van der Waals surface area contributed by atoms with E-state index in [1.165, 1.54) is 11.8 Å². The van der Waals surface area contributed by atoms with E-state index in [0.717, 1.165) is 22.4 Å². The summed E-state index contributed by atoms with van der Waals surface area (Å²) in [7, 11) is 1.58. The van der Waals surface area contributed by atoms with E-state index in [1.54, 1.807) is 24.1 Å². The number of amidine groups is 1. The van der Waals surface area contributed by atoms with Crippen LogP contribution in [-0.4, -0.2) is 29.6 Å². The lowest BCUT2D eigenvalue weighted by molar-refractivity contribution is -0.122. The fourth-order valence-electron chi connectivity index (χ4n) is 4.30. The van der Waals surface area contributed by atoms with Gasteiger partial charge in [-0.15, -0.1) is 0 Å². The maximum absolute atomic E-state index is 13.8. The summed E-state index contributed by atoms with van der Waals surface area (Å²) in [4.78, 5) is 20.9. The van der Waals surface area contributed by atoms with Gasteiger partial charge >= 0.3 is 0 Å². The molecular weight excluding hydrogens is 575 g/mol. The number of para-hydroxylation sites is 1. The molecule has 1 heterocycles. The topological polar surface area (TPSA) is 51.1 Å². The van der Waals surface area contributed by atoms with Crippen LogP contribution in [-0.2, 0) is 17.8 Å². The van der Waals surface area contributed by atoms with E-state index in [-0.39, 0.29) is 12.5 Å². The zero-order valence-corrected chi connectivity index (χ0v) is 25.0. The number of halogens is 2. The Hall–Kier alpha value is -3.71. The summed E-state index contributed by atoms with van der Waals surface area (Å²) in [6, 6.07) is 28.9. The van der Waals surface area contributed by atoms with Crippen molar-refractivity contribution in [3.8, 4) is 11.5 Å². The number of benzene rings is 4. The lowest BCUT2D eigenvalue weighted by atomic mass is 10.1. The summed E-state index contributed by atoms with van der Waals surface area (Å²) in [5.41, 5.74) is 4.59. The van der Waals surface area contributed by atoms with Crippen LogP contribution >= 0.6 is 35.0 Å². The third-order valence-electron chi connectivity index (χ3n) is 6.52. The first-order valence-corrected chi connectivity index (χ1v) is 14.6. The van der Waals surface area contributed by atoms with Crippen LogP contribution in [0.4, 0.5) is 5.69 Å². The highest BCUT2D eigenvalue weighted by Gasteiger charge is 2.33. The molecule has 1 aliphatic rings. The predicted molar refractivity (Wildman–Crippen MR) is 169 cm³/mol. The summed E-state index contributed by atoms with van der Waals surface area (Å²) >= 11 is 13.8. The molecule has 1 saturated heterocycles. The molecule has 0 N–H and O–H groups in total. The second kappa shape index (κ2) is 13.3. The van der Waals surface area contributed by atoms with Gasteiger partial charge in [-0.2, -0.15) is 0 Å². The Kier molecular flexibility index (Phi) is 9.35. The number of hydrogen-bond acceptors (Lipinski definition) is 5. The summed E-state index contributed by atoms with van der Waals surface area (Å²) < 4.78 is 11.8. The quantitative estimate of drug-likeness (QED) is 0.180. The number of thioether (sulfide) groups is 1. The first kappa shape index (κ1) is 28.8. The normalized spacial score (nSPS) is 15.1. The van der Waals surface area contributed by atoms with E-state index < -0.39 is 0 Å². The Bertz CT molecular complexity index is 1610. The van der Waals surface area contributed by atoms with Crippen LogP contribution in [0, 0.1) is 6.92 Å². The van der Waals surface area contributed by atoms with Crippen LogP contribution in [0.25, 0.3) is 6.08 Å². The van der Waals surface area contributed by atoms with Crippen LogP contribution in [0.15, 0.2) is 101 Å². The maximum atomic E-state index is 13.8. The van der Waals surface area contributed by atoms with Gasteiger partial charge in [0, 0.05) is 27.7 Å². The minimum absolute atomic E-state index is 0.105. The van der Waals surface area contributed by atoms with Crippen LogP contribution < -0.4 is 9.47 Å².